The Balaban J connectivity index is 1.64. The van der Waals surface area contributed by atoms with Crippen LogP contribution < -0.4 is 5.32 Å². The number of fused-ring (bicyclic) bond motifs is 1. The van der Waals surface area contributed by atoms with Crippen LogP contribution in [0.3, 0.4) is 0 Å². The van der Waals surface area contributed by atoms with Crippen LogP contribution in [-0.4, -0.2) is 22.0 Å². The summed E-state index contributed by atoms with van der Waals surface area (Å²) in [5.41, 5.74) is 2.31. The van der Waals surface area contributed by atoms with E-state index in [9.17, 15) is 9.90 Å². The molecule has 3 aromatic rings. The standard InChI is InChI=1S/C20H20N2O2/c1-14(12-19(23)15-6-3-2-4-7-15)22-20(24)17-9-10-18-16(13-17)8-5-11-21-18/h2-11,13-14,19,23H,12H2,1H3,(H,22,24)/t14-,19-/m0/s1. The highest BCUT2D eigenvalue weighted by Gasteiger charge is 2.15. The molecule has 0 radical (unpaired) electrons. The Bertz CT molecular complexity index is 833. The summed E-state index contributed by atoms with van der Waals surface area (Å²) in [6.07, 6.45) is 1.60. The van der Waals surface area contributed by atoms with Gasteiger partial charge < -0.3 is 10.4 Å². The van der Waals surface area contributed by atoms with Crippen LogP contribution in [0, 0.1) is 0 Å². The number of aliphatic hydroxyl groups excluding tert-OH is 1. The van der Waals surface area contributed by atoms with Gasteiger partial charge in [0, 0.05) is 23.2 Å². The normalized spacial score (nSPS) is 13.4. The van der Waals surface area contributed by atoms with Gasteiger partial charge in [0.05, 0.1) is 11.6 Å². The molecule has 3 rings (SSSR count). The van der Waals surface area contributed by atoms with Crippen molar-refractivity contribution in [2.24, 2.45) is 0 Å². The number of aromatic nitrogens is 1. The van der Waals surface area contributed by atoms with Gasteiger partial charge in [-0.05, 0) is 43.2 Å². The number of nitrogens with zero attached hydrogens (tertiary/aromatic N) is 1. The minimum atomic E-state index is -0.595. The number of pyridine rings is 1. The maximum Gasteiger partial charge on any atom is 0.251 e. The average molecular weight is 320 g/mol. The molecule has 1 heterocycles. The fourth-order valence-corrected chi connectivity index (χ4v) is 2.73. The fourth-order valence-electron chi connectivity index (χ4n) is 2.73. The Morgan fingerprint density at radius 3 is 2.71 bits per heavy atom. The minimum Gasteiger partial charge on any atom is -0.388 e. The lowest BCUT2D eigenvalue weighted by Crippen LogP contribution is -2.33. The molecule has 122 valence electrons. The Morgan fingerprint density at radius 1 is 1.12 bits per heavy atom. The van der Waals surface area contributed by atoms with Gasteiger partial charge in [-0.2, -0.15) is 0 Å². The lowest BCUT2D eigenvalue weighted by Gasteiger charge is -2.18. The number of rotatable bonds is 5. The van der Waals surface area contributed by atoms with Crippen molar-refractivity contribution in [3.63, 3.8) is 0 Å². The molecule has 24 heavy (non-hydrogen) atoms. The van der Waals surface area contributed by atoms with E-state index < -0.39 is 6.10 Å². The van der Waals surface area contributed by atoms with Crippen LogP contribution in [0.2, 0.25) is 0 Å². The predicted octanol–water partition coefficient (Wildman–Crippen LogP) is 3.48. The molecule has 1 amide bonds. The summed E-state index contributed by atoms with van der Waals surface area (Å²) in [6.45, 7) is 1.90. The number of hydrogen-bond acceptors (Lipinski definition) is 3. The minimum absolute atomic E-state index is 0.141. The maximum absolute atomic E-state index is 12.4. The molecule has 0 aliphatic carbocycles. The summed E-state index contributed by atoms with van der Waals surface area (Å²) in [4.78, 5) is 16.7. The van der Waals surface area contributed by atoms with Crippen molar-refractivity contribution in [2.45, 2.75) is 25.5 Å². The Morgan fingerprint density at radius 2 is 1.92 bits per heavy atom. The van der Waals surface area contributed by atoms with Crippen molar-refractivity contribution in [3.05, 3.63) is 78.0 Å². The zero-order valence-corrected chi connectivity index (χ0v) is 13.5. The third-order valence-electron chi connectivity index (χ3n) is 4.00. The van der Waals surface area contributed by atoms with E-state index in [2.05, 4.69) is 10.3 Å². The molecule has 4 nitrogen and oxygen atoms in total. The number of aliphatic hydroxyl groups is 1. The van der Waals surface area contributed by atoms with Crippen LogP contribution in [0.1, 0.15) is 35.4 Å². The van der Waals surface area contributed by atoms with Gasteiger partial charge in [0.15, 0.2) is 0 Å². The second-order valence-electron chi connectivity index (χ2n) is 5.95. The fraction of sp³-hybridized carbons (Fsp3) is 0.200. The maximum atomic E-state index is 12.4. The van der Waals surface area contributed by atoms with Gasteiger partial charge in [0.1, 0.15) is 0 Å². The van der Waals surface area contributed by atoms with Crippen LogP contribution in [0.25, 0.3) is 10.9 Å². The Labute approximate surface area is 141 Å². The van der Waals surface area contributed by atoms with Crippen LogP contribution in [0.15, 0.2) is 66.9 Å². The summed E-state index contributed by atoms with van der Waals surface area (Å²) in [7, 11) is 0. The van der Waals surface area contributed by atoms with E-state index in [1.54, 1.807) is 12.3 Å². The zero-order valence-electron chi connectivity index (χ0n) is 13.5. The molecule has 0 saturated carbocycles. The van der Waals surface area contributed by atoms with E-state index in [-0.39, 0.29) is 11.9 Å². The van der Waals surface area contributed by atoms with Crippen molar-refractivity contribution in [1.82, 2.24) is 10.3 Å². The SMILES string of the molecule is C[C@@H](C[C@H](O)c1ccccc1)NC(=O)c1ccc2ncccc2c1. The van der Waals surface area contributed by atoms with Crippen molar-refractivity contribution < 1.29 is 9.90 Å². The molecule has 0 saturated heterocycles. The molecule has 2 aromatic carbocycles. The number of carbonyl (C=O) groups is 1. The number of benzene rings is 2. The molecule has 1 aromatic heterocycles. The van der Waals surface area contributed by atoms with Crippen LogP contribution in [-0.2, 0) is 0 Å². The van der Waals surface area contributed by atoms with Crippen molar-refractivity contribution >= 4 is 16.8 Å². The summed E-state index contributed by atoms with van der Waals surface area (Å²) in [5.74, 6) is -0.145. The monoisotopic (exact) mass is 320 g/mol. The summed E-state index contributed by atoms with van der Waals surface area (Å²) >= 11 is 0. The topological polar surface area (TPSA) is 62.2 Å². The first kappa shape index (κ1) is 16.1. The molecule has 2 N–H and O–H groups in total. The van der Waals surface area contributed by atoms with Crippen LogP contribution in [0.4, 0.5) is 0 Å². The lowest BCUT2D eigenvalue weighted by molar-refractivity contribution is 0.0917. The summed E-state index contributed by atoms with van der Waals surface area (Å²) in [5, 5.41) is 14.1. The van der Waals surface area contributed by atoms with E-state index in [4.69, 9.17) is 0 Å². The molecule has 2 atom stereocenters. The van der Waals surface area contributed by atoms with Gasteiger partial charge in [-0.1, -0.05) is 36.4 Å². The average Bonchev–Trinajstić information content (AvgIpc) is 2.61. The molecule has 0 aliphatic rings. The Kier molecular flexibility index (Phi) is 4.87. The van der Waals surface area contributed by atoms with Gasteiger partial charge in [-0.25, -0.2) is 0 Å². The van der Waals surface area contributed by atoms with Gasteiger partial charge in [0.2, 0.25) is 0 Å². The highest BCUT2D eigenvalue weighted by molar-refractivity contribution is 5.98. The molecule has 0 unspecified atom stereocenters. The lowest BCUT2D eigenvalue weighted by atomic mass is 10.0. The first-order valence-electron chi connectivity index (χ1n) is 8.02. The predicted molar refractivity (Wildman–Crippen MR) is 94.7 cm³/mol. The van der Waals surface area contributed by atoms with Gasteiger partial charge in [-0.3, -0.25) is 9.78 Å². The highest BCUT2D eigenvalue weighted by Crippen LogP contribution is 2.18. The largest absolute Gasteiger partial charge is 0.388 e. The highest BCUT2D eigenvalue weighted by atomic mass is 16.3. The second-order valence-corrected chi connectivity index (χ2v) is 5.95. The molecule has 4 heteroatoms. The molecule has 0 bridgehead atoms. The first-order valence-corrected chi connectivity index (χ1v) is 8.02. The van der Waals surface area contributed by atoms with Crippen molar-refractivity contribution in [2.75, 3.05) is 0 Å². The summed E-state index contributed by atoms with van der Waals surface area (Å²) < 4.78 is 0. The van der Waals surface area contributed by atoms with E-state index in [1.807, 2.05) is 61.5 Å². The second kappa shape index (κ2) is 7.23. The van der Waals surface area contributed by atoms with E-state index >= 15 is 0 Å². The molecule has 0 aliphatic heterocycles. The molecular formula is C20H20N2O2. The van der Waals surface area contributed by atoms with Gasteiger partial charge in [0.25, 0.3) is 5.91 Å². The molecule has 0 fully saturated rings. The van der Waals surface area contributed by atoms with Crippen LogP contribution in [0.5, 0.6) is 0 Å². The number of carbonyl (C=O) groups excluding carboxylic acids is 1. The third kappa shape index (κ3) is 3.78. The first-order chi connectivity index (χ1) is 11.6. The number of amides is 1. The van der Waals surface area contributed by atoms with Crippen molar-refractivity contribution in [3.8, 4) is 0 Å². The van der Waals surface area contributed by atoms with E-state index in [0.29, 0.717) is 12.0 Å². The molecular weight excluding hydrogens is 300 g/mol. The van der Waals surface area contributed by atoms with Crippen LogP contribution >= 0.6 is 0 Å². The number of nitrogens with one attached hydrogen (secondary N) is 1. The summed E-state index contributed by atoms with van der Waals surface area (Å²) in [6, 6.07) is 18.6. The Hall–Kier alpha value is -2.72. The van der Waals surface area contributed by atoms with Gasteiger partial charge >= 0.3 is 0 Å². The van der Waals surface area contributed by atoms with E-state index in [0.717, 1.165) is 16.5 Å². The zero-order chi connectivity index (χ0) is 16.9. The smallest absolute Gasteiger partial charge is 0.251 e. The third-order valence-corrected chi connectivity index (χ3v) is 4.00. The van der Waals surface area contributed by atoms with E-state index in [1.165, 1.54) is 0 Å². The molecule has 0 spiro atoms. The number of hydrogen-bond donors (Lipinski definition) is 2. The quantitative estimate of drug-likeness (QED) is 0.756. The van der Waals surface area contributed by atoms with Crippen molar-refractivity contribution in [1.29, 1.82) is 0 Å². The van der Waals surface area contributed by atoms with Gasteiger partial charge in [-0.15, -0.1) is 0 Å².